The van der Waals surface area contributed by atoms with E-state index >= 15 is 0 Å². The third-order valence-electron chi connectivity index (χ3n) is 4.70. The molecular weight excluding hydrogens is 272 g/mol. The first-order chi connectivity index (χ1) is 9.90. The Bertz CT molecular complexity index is 436. The molecule has 0 bridgehead atoms. The number of likely N-dealkylation sites (N-methyl/N-ethyl adjacent to an activating group) is 1. The molecule has 0 amide bonds. The molecule has 1 atom stereocenters. The molecule has 1 aliphatic rings. The largest absolute Gasteiger partial charge is 0.305 e. The fraction of sp³-hybridized carbons (Fsp3) is 0.667. The molecule has 0 radical (unpaired) electrons. The van der Waals surface area contributed by atoms with Crippen molar-refractivity contribution >= 4 is 13.3 Å². The van der Waals surface area contributed by atoms with Crippen LogP contribution in [-0.4, -0.2) is 50.6 Å². The standard InChI is InChI=1S/C18H32N2Si/c1-6-17-15-19(2)12-7-13-20(17)14-16-8-10-18(11-9-16)21(3,4)5/h8-11,17H,6-7,12-15H2,1-5H3. The first-order valence-corrected chi connectivity index (χ1v) is 11.9. The Morgan fingerprint density at radius 3 is 2.33 bits per heavy atom. The van der Waals surface area contributed by atoms with Crippen LogP contribution in [0, 0.1) is 0 Å². The maximum absolute atomic E-state index is 2.69. The van der Waals surface area contributed by atoms with Crippen LogP contribution in [0.2, 0.25) is 19.6 Å². The number of benzene rings is 1. The van der Waals surface area contributed by atoms with Gasteiger partial charge in [-0.25, -0.2) is 0 Å². The Morgan fingerprint density at radius 2 is 1.76 bits per heavy atom. The molecule has 1 aromatic carbocycles. The summed E-state index contributed by atoms with van der Waals surface area (Å²) in [6.45, 7) is 14.4. The molecule has 0 spiro atoms. The third-order valence-corrected chi connectivity index (χ3v) is 6.77. The van der Waals surface area contributed by atoms with Crippen molar-refractivity contribution in [2.75, 3.05) is 26.7 Å². The van der Waals surface area contributed by atoms with Crippen molar-refractivity contribution in [2.45, 2.75) is 52.0 Å². The average Bonchev–Trinajstić information content (AvgIpc) is 2.60. The van der Waals surface area contributed by atoms with Gasteiger partial charge in [-0.3, -0.25) is 4.90 Å². The van der Waals surface area contributed by atoms with Gasteiger partial charge in [-0.1, -0.05) is 56.0 Å². The lowest BCUT2D eigenvalue weighted by molar-refractivity contribution is 0.176. The highest BCUT2D eigenvalue weighted by atomic mass is 28.3. The van der Waals surface area contributed by atoms with Crippen LogP contribution in [0.25, 0.3) is 0 Å². The Hall–Kier alpha value is -0.643. The summed E-state index contributed by atoms with van der Waals surface area (Å²) in [6.07, 6.45) is 2.54. The quantitative estimate of drug-likeness (QED) is 0.789. The minimum atomic E-state index is -1.17. The number of hydrogen-bond acceptors (Lipinski definition) is 2. The lowest BCUT2D eigenvalue weighted by Crippen LogP contribution is -2.39. The predicted octanol–water partition coefficient (Wildman–Crippen LogP) is 3.15. The Balaban J connectivity index is 2.05. The van der Waals surface area contributed by atoms with Crippen molar-refractivity contribution in [1.82, 2.24) is 9.80 Å². The maximum atomic E-state index is 2.69. The molecule has 1 aliphatic heterocycles. The van der Waals surface area contributed by atoms with Crippen LogP contribution in [-0.2, 0) is 6.54 Å². The van der Waals surface area contributed by atoms with Gasteiger partial charge in [0.2, 0.25) is 0 Å². The molecule has 0 N–H and O–H groups in total. The molecule has 1 fully saturated rings. The average molecular weight is 305 g/mol. The van der Waals surface area contributed by atoms with Gasteiger partial charge in [0, 0.05) is 25.7 Å². The highest BCUT2D eigenvalue weighted by Crippen LogP contribution is 2.16. The van der Waals surface area contributed by atoms with E-state index in [9.17, 15) is 0 Å². The van der Waals surface area contributed by atoms with E-state index in [1.54, 1.807) is 5.19 Å². The fourth-order valence-corrected chi connectivity index (χ4v) is 4.40. The number of rotatable bonds is 4. The van der Waals surface area contributed by atoms with E-state index in [0.29, 0.717) is 6.04 Å². The third kappa shape index (κ3) is 4.66. The topological polar surface area (TPSA) is 6.48 Å². The maximum Gasteiger partial charge on any atom is 0.0775 e. The van der Waals surface area contributed by atoms with Gasteiger partial charge >= 0.3 is 0 Å². The molecule has 3 heteroatoms. The van der Waals surface area contributed by atoms with Crippen molar-refractivity contribution in [3.63, 3.8) is 0 Å². The lowest BCUT2D eigenvalue weighted by atomic mass is 10.1. The Kier molecular flexibility index (Phi) is 5.64. The molecule has 1 aromatic rings. The fourth-order valence-electron chi connectivity index (χ4n) is 3.23. The number of nitrogens with zero attached hydrogens (tertiary/aromatic N) is 2. The second-order valence-corrected chi connectivity index (χ2v) is 12.7. The first kappa shape index (κ1) is 16.7. The van der Waals surface area contributed by atoms with E-state index in [0.717, 1.165) is 6.54 Å². The molecule has 21 heavy (non-hydrogen) atoms. The van der Waals surface area contributed by atoms with Crippen molar-refractivity contribution in [3.05, 3.63) is 29.8 Å². The summed E-state index contributed by atoms with van der Waals surface area (Å²) in [7, 11) is 1.09. The van der Waals surface area contributed by atoms with Gasteiger partial charge in [-0.05, 0) is 32.0 Å². The van der Waals surface area contributed by atoms with E-state index in [-0.39, 0.29) is 0 Å². The van der Waals surface area contributed by atoms with E-state index in [4.69, 9.17) is 0 Å². The summed E-state index contributed by atoms with van der Waals surface area (Å²) in [4.78, 5) is 5.18. The van der Waals surface area contributed by atoms with Gasteiger partial charge in [0.1, 0.15) is 0 Å². The molecule has 2 rings (SSSR count). The first-order valence-electron chi connectivity index (χ1n) is 8.42. The number of hydrogen-bond donors (Lipinski definition) is 0. The summed E-state index contributed by atoms with van der Waals surface area (Å²) in [6, 6.07) is 10.2. The molecule has 0 aliphatic carbocycles. The summed E-state index contributed by atoms with van der Waals surface area (Å²) >= 11 is 0. The predicted molar refractivity (Wildman–Crippen MR) is 96.0 cm³/mol. The Labute approximate surface area is 132 Å². The van der Waals surface area contributed by atoms with Gasteiger partial charge in [0.05, 0.1) is 8.07 Å². The lowest BCUT2D eigenvalue weighted by Gasteiger charge is -2.30. The van der Waals surface area contributed by atoms with Crippen molar-refractivity contribution < 1.29 is 0 Å². The summed E-state index contributed by atoms with van der Waals surface area (Å²) in [5.41, 5.74) is 1.47. The molecule has 1 saturated heterocycles. The molecule has 1 heterocycles. The van der Waals surface area contributed by atoms with Crippen LogP contribution in [0.4, 0.5) is 0 Å². The van der Waals surface area contributed by atoms with Crippen LogP contribution in [0.3, 0.4) is 0 Å². The van der Waals surface area contributed by atoms with Crippen LogP contribution in [0.5, 0.6) is 0 Å². The smallest absolute Gasteiger partial charge is 0.0775 e. The molecule has 2 nitrogen and oxygen atoms in total. The van der Waals surface area contributed by atoms with E-state index in [1.807, 2.05) is 0 Å². The highest BCUT2D eigenvalue weighted by molar-refractivity contribution is 6.88. The van der Waals surface area contributed by atoms with Gasteiger partial charge in [0.25, 0.3) is 0 Å². The highest BCUT2D eigenvalue weighted by Gasteiger charge is 2.22. The summed E-state index contributed by atoms with van der Waals surface area (Å²) in [5, 5.41) is 1.56. The van der Waals surface area contributed by atoms with E-state index < -0.39 is 8.07 Å². The Morgan fingerprint density at radius 1 is 1.10 bits per heavy atom. The summed E-state index contributed by atoms with van der Waals surface area (Å²) < 4.78 is 0. The van der Waals surface area contributed by atoms with E-state index in [2.05, 4.69) is 67.7 Å². The SMILES string of the molecule is CCC1CN(C)CCCN1Cc1ccc([Si](C)(C)C)cc1. The molecule has 0 saturated carbocycles. The molecular formula is C18H32N2Si. The van der Waals surface area contributed by atoms with Crippen LogP contribution < -0.4 is 5.19 Å². The zero-order valence-corrected chi connectivity index (χ0v) is 15.5. The molecule has 0 aromatic heterocycles. The molecule has 118 valence electrons. The second kappa shape index (κ2) is 7.08. The monoisotopic (exact) mass is 304 g/mol. The van der Waals surface area contributed by atoms with Gasteiger partial charge in [0.15, 0.2) is 0 Å². The van der Waals surface area contributed by atoms with Crippen molar-refractivity contribution in [2.24, 2.45) is 0 Å². The second-order valence-electron chi connectivity index (χ2n) is 7.60. The van der Waals surface area contributed by atoms with Crippen LogP contribution in [0.15, 0.2) is 24.3 Å². The zero-order chi connectivity index (χ0) is 15.5. The normalized spacial score (nSPS) is 22.2. The van der Waals surface area contributed by atoms with Gasteiger partial charge in [-0.2, -0.15) is 0 Å². The zero-order valence-electron chi connectivity index (χ0n) is 14.5. The van der Waals surface area contributed by atoms with E-state index in [1.165, 1.54) is 38.0 Å². The molecule has 1 unspecified atom stereocenters. The van der Waals surface area contributed by atoms with Crippen molar-refractivity contribution in [1.29, 1.82) is 0 Å². The van der Waals surface area contributed by atoms with Crippen LogP contribution >= 0.6 is 0 Å². The van der Waals surface area contributed by atoms with Crippen LogP contribution in [0.1, 0.15) is 25.3 Å². The minimum absolute atomic E-state index is 0.703. The van der Waals surface area contributed by atoms with Crippen molar-refractivity contribution in [3.8, 4) is 0 Å². The van der Waals surface area contributed by atoms with Gasteiger partial charge in [-0.15, -0.1) is 0 Å². The van der Waals surface area contributed by atoms with Gasteiger partial charge < -0.3 is 4.90 Å². The summed E-state index contributed by atoms with van der Waals surface area (Å²) in [5.74, 6) is 0. The minimum Gasteiger partial charge on any atom is -0.305 e.